The third-order valence-corrected chi connectivity index (χ3v) is 4.81. The molecule has 3 aromatic rings. The molecule has 3 heteroatoms. The maximum absolute atomic E-state index is 6.01. The highest BCUT2D eigenvalue weighted by atomic mass is 35.5. The van der Waals surface area contributed by atoms with Gasteiger partial charge in [0.1, 0.15) is 0 Å². The van der Waals surface area contributed by atoms with Crippen molar-refractivity contribution in [2.75, 3.05) is 7.05 Å². The first kappa shape index (κ1) is 13.6. The zero-order valence-corrected chi connectivity index (χ0v) is 12.8. The Morgan fingerprint density at radius 1 is 1.05 bits per heavy atom. The lowest BCUT2D eigenvalue weighted by Crippen LogP contribution is -2.18. The molecule has 0 amide bonds. The van der Waals surface area contributed by atoms with E-state index in [4.69, 9.17) is 11.6 Å². The van der Waals surface area contributed by atoms with Gasteiger partial charge in [0.2, 0.25) is 0 Å². The molecule has 1 atom stereocenters. The Morgan fingerprint density at radius 2 is 1.85 bits per heavy atom. The van der Waals surface area contributed by atoms with E-state index in [0.717, 1.165) is 10.8 Å². The second-order valence-electron chi connectivity index (χ2n) is 4.86. The van der Waals surface area contributed by atoms with Gasteiger partial charge in [-0.05, 0) is 41.6 Å². The van der Waals surface area contributed by atoms with Crippen molar-refractivity contribution in [3.05, 3.63) is 69.4 Å². The summed E-state index contributed by atoms with van der Waals surface area (Å²) in [5, 5.41) is 5.97. The molecular weight excluding hydrogens is 286 g/mol. The molecule has 0 saturated heterocycles. The minimum atomic E-state index is 0.314. The van der Waals surface area contributed by atoms with Crippen molar-refractivity contribution in [2.45, 2.75) is 12.5 Å². The number of hydrogen-bond acceptors (Lipinski definition) is 2. The highest BCUT2D eigenvalue weighted by molar-refractivity contribution is 7.16. The lowest BCUT2D eigenvalue weighted by atomic mass is 9.99. The summed E-state index contributed by atoms with van der Waals surface area (Å²) in [6.07, 6.45) is 0.965. The predicted molar refractivity (Wildman–Crippen MR) is 88.8 cm³/mol. The van der Waals surface area contributed by atoms with Gasteiger partial charge in [-0.2, -0.15) is 0 Å². The van der Waals surface area contributed by atoms with Gasteiger partial charge in [0.05, 0.1) is 4.34 Å². The second kappa shape index (κ2) is 5.96. The number of benzene rings is 2. The topological polar surface area (TPSA) is 12.0 Å². The Kier molecular flexibility index (Phi) is 4.06. The van der Waals surface area contributed by atoms with E-state index >= 15 is 0 Å². The van der Waals surface area contributed by atoms with Crippen LogP contribution in [0.1, 0.15) is 16.5 Å². The van der Waals surface area contributed by atoms with Gasteiger partial charge in [0.25, 0.3) is 0 Å². The number of nitrogens with one attached hydrogen (secondary N) is 1. The van der Waals surface area contributed by atoms with Gasteiger partial charge in [-0.3, -0.25) is 0 Å². The van der Waals surface area contributed by atoms with Crippen molar-refractivity contribution < 1.29 is 0 Å². The highest BCUT2D eigenvalue weighted by Crippen LogP contribution is 2.28. The average Bonchev–Trinajstić information content (AvgIpc) is 2.89. The fraction of sp³-hybridized carbons (Fsp3) is 0.176. The first-order valence-corrected chi connectivity index (χ1v) is 7.86. The molecule has 0 radical (unpaired) electrons. The standard InChI is InChI=1S/C17H16ClNS/c1-19-16(11-15-8-9-17(18)20-15)14-7-6-12-4-2-3-5-13(12)10-14/h2-10,16,19H,11H2,1H3. The van der Waals surface area contributed by atoms with Crippen LogP contribution in [0, 0.1) is 0 Å². The van der Waals surface area contributed by atoms with Crippen LogP contribution >= 0.6 is 22.9 Å². The molecule has 0 aliphatic carbocycles. The fourth-order valence-corrected chi connectivity index (χ4v) is 3.61. The summed E-state index contributed by atoms with van der Waals surface area (Å²) in [4.78, 5) is 1.31. The number of likely N-dealkylation sites (N-methyl/N-ethyl adjacent to an activating group) is 1. The number of fused-ring (bicyclic) bond motifs is 1. The van der Waals surface area contributed by atoms with Crippen molar-refractivity contribution in [1.29, 1.82) is 0 Å². The Morgan fingerprint density at radius 3 is 2.55 bits per heavy atom. The van der Waals surface area contributed by atoms with Gasteiger partial charge >= 0.3 is 0 Å². The molecule has 1 aromatic heterocycles. The molecule has 1 N–H and O–H groups in total. The Labute approximate surface area is 128 Å². The van der Waals surface area contributed by atoms with Crippen LogP contribution in [0.4, 0.5) is 0 Å². The van der Waals surface area contributed by atoms with Crippen LogP contribution in [0.25, 0.3) is 10.8 Å². The van der Waals surface area contributed by atoms with E-state index in [1.54, 1.807) is 11.3 Å². The molecule has 102 valence electrons. The molecule has 0 saturated carbocycles. The van der Waals surface area contributed by atoms with Crippen LogP contribution < -0.4 is 5.32 Å². The van der Waals surface area contributed by atoms with E-state index in [0.29, 0.717) is 6.04 Å². The van der Waals surface area contributed by atoms with Gasteiger partial charge in [-0.25, -0.2) is 0 Å². The monoisotopic (exact) mass is 301 g/mol. The van der Waals surface area contributed by atoms with E-state index < -0.39 is 0 Å². The van der Waals surface area contributed by atoms with Crippen molar-refractivity contribution in [3.63, 3.8) is 0 Å². The minimum absolute atomic E-state index is 0.314. The van der Waals surface area contributed by atoms with Crippen LogP contribution in [0.3, 0.4) is 0 Å². The zero-order chi connectivity index (χ0) is 13.9. The third kappa shape index (κ3) is 2.88. The summed E-state index contributed by atoms with van der Waals surface area (Å²) in [6, 6.07) is 19.5. The molecule has 0 fully saturated rings. The molecule has 3 rings (SSSR count). The smallest absolute Gasteiger partial charge is 0.0931 e. The second-order valence-corrected chi connectivity index (χ2v) is 6.66. The summed E-state index contributed by atoms with van der Waals surface area (Å²) < 4.78 is 0.855. The lowest BCUT2D eigenvalue weighted by Gasteiger charge is -2.16. The van der Waals surface area contributed by atoms with Crippen LogP contribution in [-0.4, -0.2) is 7.05 Å². The summed E-state index contributed by atoms with van der Waals surface area (Å²) in [6.45, 7) is 0. The first-order valence-electron chi connectivity index (χ1n) is 6.66. The van der Waals surface area contributed by atoms with Crippen LogP contribution in [-0.2, 0) is 6.42 Å². The van der Waals surface area contributed by atoms with Crippen molar-refractivity contribution >= 4 is 33.7 Å². The molecule has 0 aliphatic rings. The van der Waals surface area contributed by atoms with Crippen molar-refractivity contribution in [2.24, 2.45) is 0 Å². The van der Waals surface area contributed by atoms with Crippen LogP contribution in [0.5, 0.6) is 0 Å². The molecule has 20 heavy (non-hydrogen) atoms. The zero-order valence-electron chi connectivity index (χ0n) is 11.3. The summed E-state index contributed by atoms with van der Waals surface area (Å²) in [5.41, 5.74) is 1.32. The largest absolute Gasteiger partial charge is 0.313 e. The van der Waals surface area contributed by atoms with Crippen molar-refractivity contribution in [1.82, 2.24) is 5.32 Å². The molecule has 1 heterocycles. The van der Waals surface area contributed by atoms with Gasteiger partial charge in [0.15, 0.2) is 0 Å². The van der Waals surface area contributed by atoms with Gasteiger partial charge < -0.3 is 5.32 Å². The molecule has 1 nitrogen and oxygen atoms in total. The number of hydrogen-bond donors (Lipinski definition) is 1. The highest BCUT2D eigenvalue weighted by Gasteiger charge is 2.12. The van der Waals surface area contributed by atoms with E-state index in [2.05, 4.69) is 53.8 Å². The molecule has 2 aromatic carbocycles. The van der Waals surface area contributed by atoms with Gasteiger partial charge in [-0.1, -0.05) is 48.0 Å². The number of rotatable bonds is 4. The quantitative estimate of drug-likeness (QED) is 0.710. The molecule has 1 unspecified atom stereocenters. The Balaban J connectivity index is 1.90. The van der Waals surface area contributed by atoms with E-state index in [1.807, 2.05) is 13.1 Å². The molecule has 0 bridgehead atoms. The third-order valence-electron chi connectivity index (χ3n) is 3.56. The normalized spacial score (nSPS) is 12.7. The summed E-state index contributed by atoms with van der Waals surface area (Å²) in [7, 11) is 2.01. The van der Waals surface area contributed by atoms with Crippen molar-refractivity contribution in [3.8, 4) is 0 Å². The Hall–Kier alpha value is -1.35. The average molecular weight is 302 g/mol. The maximum Gasteiger partial charge on any atom is 0.0931 e. The van der Waals surface area contributed by atoms with Gasteiger partial charge in [-0.15, -0.1) is 11.3 Å². The number of halogens is 1. The SMILES string of the molecule is CNC(Cc1ccc(Cl)s1)c1ccc2ccccc2c1. The van der Waals surface area contributed by atoms with Gasteiger partial charge in [0, 0.05) is 17.3 Å². The molecule has 0 spiro atoms. The predicted octanol–water partition coefficient (Wildman–Crippen LogP) is 5.06. The minimum Gasteiger partial charge on any atom is -0.313 e. The van der Waals surface area contributed by atoms with E-state index in [1.165, 1.54) is 21.2 Å². The molecule has 0 aliphatic heterocycles. The molecular formula is C17H16ClNS. The summed E-state index contributed by atoms with van der Waals surface area (Å²) in [5.74, 6) is 0. The lowest BCUT2D eigenvalue weighted by molar-refractivity contribution is 0.597. The summed E-state index contributed by atoms with van der Waals surface area (Å²) >= 11 is 7.66. The van der Waals surface area contributed by atoms with E-state index in [-0.39, 0.29) is 0 Å². The van der Waals surface area contributed by atoms with E-state index in [9.17, 15) is 0 Å². The number of thiophene rings is 1. The maximum atomic E-state index is 6.01. The first-order chi connectivity index (χ1) is 9.76. The van der Waals surface area contributed by atoms with Crippen LogP contribution in [0.2, 0.25) is 4.34 Å². The van der Waals surface area contributed by atoms with Crippen LogP contribution in [0.15, 0.2) is 54.6 Å². The Bertz CT molecular complexity index is 720. The fourth-order valence-electron chi connectivity index (χ4n) is 2.47.